The zero-order valence-electron chi connectivity index (χ0n) is 8.64. The van der Waals surface area contributed by atoms with Gasteiger partial charge >= 0.3 is 0 Å². The predicted molar refractivity (Wildman–Crippen MR) is 60.5 cm³/mol. The minimum Gasteiger partial charge on any atom is -0.330 e. The lowest BCUT2D eigenvalue weighted by molar-refractivity contribution is -0.385. The van der Waals surface area contributed by atoms with E-state index in [-0.39, 0.29) is 10.6 Å². The maximum absolute atomic E-state index is 10.8. The van der Waals surface area contributed by atoms with Gasteiger partial charge in [-0.25, -0.2) is 0 Å². The first-order chi connectivity index (χ1) is 7.15. The molecule has 0 spiro atoms. The summed E-state index contributed by atoms with van der Waals surface area (Å²) < 4.78 is 0. The van der Waals surface area contributed by atoms with Crippen LogP contribution in [-0.2, 0) is 0 Å². The number of benzene rings is 1. The summed E-state index contributed by atoms with van der Waals surface area (Å²) in [5.74, 6) is 0. The molecule has 0 aliphatic rings. The van der Waals surface area contributed by atoms with Gasteiger partial charge in [-0.15, -0.1) is 0 Å². The van der Waals surface area contributed by atoms with E-state index in [9.17, 15) is 10.1 Å². The fraction of sp³-hybridized carbons (Fsp3) is 0.273. The molecule has 15 heavy (non-hydrogen) atoms. The second-order valence-corrected chi connectivity index (χ2v) is 3.30. The zero-order chi connectivity index (χ0) is 11.3. The second kappa shape index (κ2) is 5.26. The van der Waals surface area contributed by atoms with Crippen LogP contribution >= 0.6 is 0 Å². The number of hydrogen-bond acceptors (Lipinski definition) is 3. The quantitative estimate of drug-likeness (QED) is 0.606. The predicted octanol–water partition coefficient (Wildman–Crippen LogP) is 2.27. The van der Waals surface area contributed by atoms with E-state index in [1.54, 1.807) is 18.2 Å². The Morgan fingerprint density at radius 3 is 2.87 bits per heavy atom. The molecule has 4 nitrogen and oxygen atoms in total. The molecule has 1 aromatic rings. The van der Waals surface area contributed by atoms with Gasteiger partial charge in [0.15, 0.2) is 0 Å². The molecule has 0 saturated carbocycles. The van der Waals surface area contributed by atoms with E-state index >= 15 is 0 Å². The van der Waals surface area contributed by atoms with Crippen LogP contribution < -0.4 is 5.73 Å². The molecule has 0 amide bonds. The van der Waals surface area contributed by atoms with Gasteiger partial charge in [0.1, 0.15) is 0 Å². The first-order valence-electron chi connectivity index (χ1n) is 4.77. The fourth-order valence-electron chi connectivity index (χ4n) is 1.26. The summed E-state index contributed by atoms with van der Waals surface area (Å²) in [6, 6.07) is 5.18. The van der Waals surface area contributed by atoms with Crippen molar-refractivity contribution in [3.63, 3.8) is 0 Å². The van der Waals surface area contributed by atoms with Crippen molar-refractivity contribution in [2.75, 3.05) is 6.54 Å². The molecular weight excluding hydrogens is 192 g/mol. The number of aryl methyl sites for hydroxylation is 1. The van der Waals surface area contributed by atoms with E-state index < -0.39 is 0 Å². The summed E-state index contributed by atoms with van der Waals surface area (Å²) in [4.78, 5) is 10.4. The van der Waals surface area contributed by atoms with Gasteiger partial charge in [0.25, 0.3) is 5.69 Å². The molecule has 0 aliphatic heterocycles. The van der Waals surface area contributed by atoms with Crippen LogP contribution in [-0.4, -0.2) is 11.5 Å². The Labute approximate surface area is 88.6 Å². The summed E-state index contributed by atoms with van der Waals surface area (Å²) in [5.41, 5.74) is 6.98. The SMILES string of the molecule is Cc1ccc(C=CCCN)c([N+](=O)[O-])c1. The van der Waals surface area contributed by atoms with Gasteiger partial charge in [-0.2, -0.15) is 0 Å². The molecule has 1 aromatic carbocycles. The van der Waals surface area contributed by atoms with E-state index in [1.165, 1.54) is 0 Å². The van der Waals surface area contributed by atoms with Gasteiger partial charge < -0.3 is 5.73 Å². The molecule has 0 saturated heterocycles. The summed E-state index contributed by atoms with van der Waals surface area (Å²) in [5, 5.41) is 10.8. The average Bonchev–Trinajstić information content (AvgIpc) is 2.20. The lowest BCUT2D eigenvalue weighted by Crippen LogP contribution is -1.95. The topological polar surface area (TPSA) is 69.2 Å². The average molecular weight is 206 g/mol. The van der Waals surface area contributed by atoms with Crippen LogP contribution in [0.2, 0.25) is 0 Å². The summed E-state index contributed by atoms with van der Waals surface area (Å²) >= 11 is 0. The maximum atomic E-state index is 10.8. The van der Waals surface area contributed by atoms with Gasteiger partial charge in [0.05, 0.1) is 10.5 Å². The van der Waals surface area contributed by atoms with Gasteiger partial charge in [-0.3, -0.25) is 10.1 Å². The largest absolute Gasteiger partial charge is 0.330 e. The molecule has 0 heterocycles. The molecule has 4 heteroatoms. The second-order valence-electron chi connectivity index (χ2n) is 3.30. The smallest absolute Gasteiger partial charge is 0.276 e. The normalized spacial score (nSPS) is 10.8. The molecule has 0 aromatic heterocycles. The van der Waals surface area contributed by atoms with E-state index in [4.69, 9.17) is 5.73 Å². The van der Waals surface area contributed by atoms with Crippen molar-refractivity contribution in [2.45, 2.75) is 13.3 Å². The van der Waals surface area contributed by atoms with Crippen molar-refractivity contribution < 1.29 is 4.92 Å². The van der Waals surface area contributed by atoms with Crippen molar-refractivity contribution >= 4 is 11.8 Å². The van der Waals surface area contributed by atoms with Gasteiger partial charge in [-0.05, 0) is 31.5 Å². The third-order valence-corrected chi connectivity index (χ3v) is 2.01. The molecule has 0 aliphatic carbocycles. The maximum Gasteiger partial charge on any atom is 0.276 e. The Morgan fingerprint density at radius 1 is 1.53 bits per heavy atom. The summed E-state index contributed by atoms with van der Waals surface area (Å²) in [6.45, 7) is 2.39. The van der Waals surface area contributed by atoms with Gasteiger partial charge in [0.2, 0.25) is 0 Å². The number of hydrogen-bond donors (Lipinski definition) is 1. The highest BCUT2D eigenvalue weighted by atomic mass is 16.6. The van der Waals surface area contributed by atoms with Crippen LogP contribution in [0.15, 0.2) is 24.3 Å². The highest BCUT2D eigenvalue weighted by Gasteiger charge is 2.10. The highest BCUT2D eigenvalue weighted by molar-refractivity contribution is 5.61. The van der Waals surface area contributed by atoms with Crippen LogP contribution in [0.4, 0.5) is 5.69 Å². The molecule has 1 rings (SSSR count). The zero-order valence-corrected chi connectivity index (χ0v) is 8.64. The van der Waals surface area contributed by atoms with Crippen LogP contribution in [0.3, 0.4) is 0 Å². The third kappa shape index (κ3) is 3.18. The van der Waals surface area contributed by atoms with Crippen LogP contribution in [0, 0.1) is 17.0 Å². The van der Waals surface area contributed by atoms with Crippen molar-refractivity contribution in [3.8, 4) is 0 Å². The van der Waals surface area contributed by atoms with E-state index in [0.717, 1.165) is 12.0 Å². The number of rotatable bonds is 4. The Bertz CT molecular complexity index is 386. The highest BCUT2D eigenvalue weighted by Crippen LogP contribution is 2.21. The Morgan fingerprint density at radius 2 is 2.27 bits per heavy atom. The first-order valence-corrected chi connectivity index (χ1v) is 4.77. The molecule has 0 fully saturated rings. The lowest BCUT2D eigenvalue weighted by Gasteiger charge is -1.98. The van der Waals surface area contributed by atoms with E-state index in [0.29, 0.717) is 12.1 Å². The molecule has 0 atom stereocenters. The van der Waals surface area contributed by atoms with Crippen LogP contribution in [0.1, 0.15) is 17.5 Å². The van der Waals surface area contributed by atoms with Gasteiger partial charge in [0, 0.05) is 6.07 Å². The minimum atomic E-state index is -0.366. The van der Waals surface area contributed by atoms with Crippen molar-refractivity contribution in [1.82, 2.24) is 0 Å². The summed E-state index contributed by atoms with van der Waals surface area (Å²) in [6.07, 6.45) is 4.31. The monoisotopic (exact) mass is 206 g/mol. The molecule has 2 N–H and O–H groups in total. The standard InChI is InChI=1S/C11H14N2O2/c1-9-5-6-10(4-2-3-7-12)11(8-9)13(14)15/h2,4-6,8H,3,7,12H2,1H3. The summed E-state index contributed by atoms with van der Waals surface area (Å²) in [7, 11) is 0. The molecule has 0 radical (unpaired) electrons. The molecular formula is C11H14N2O2. The number of nitrogens with zero attached hydrogens (tertiary/aromatic N) is 1. The van der Waals surface area contributed by atoms with Crippen molar-refractivity contribution in [3.05, 3.63) is 45.5 Å². The van der Waals surface area contributed by atoms with Gasteiger partial charge in [-0.1, -0.05) is 18.2 Å². The third-order valence-electron chi connectivity index (χ3n) is 2.01. The molecule has 0 bridgehead atoms. The fourth-order valence-corrected chi connectivity index (χ4v) is 1.26. The number of nitrogens with two attached hydrogens (primary N) is 1. The van der Waals surface area contributed by atoms with Crippen molar-refractivity contribution in [1.29, 1.82) is 0 Å². The molecule has 0 unspecified atom stereocenters. The number of nitro benzene ring substituents is 1. The van der Waals surface area contributed by atoms with Crippen molar-refractivity contribution in [2.24, 2.45) is 5.73 Å². The Balaban J connectivity index is 3.01. The van der Waals surface area contributed by atoms with E-state index in [2.05, 4.69) is 0 Å². The Hall–Kier alpha value is -1.68. The molecule has 80 valence electrons. The van der Waals surface area contributed by atoms with E-state index in [1.807, 2.05) is 19.1 Å². The van der Waals surface area contributed by atoms with Crippen LogP contribution in [0.25, 0.3) is 6.08 Å². The first kappa shape index (κ1) is 11.4. The number of nitro groups is 1. The Kier molecular flexibility index (Phi) is 4.00. The van der Waals surface area contributed by atoms with Crippen LogP contribution in [0.5, 0.6) is 0 Å². The lowest BCUT2D eigenvalue weighted by atomic mass is 10.1. The minimum absolute atomic E-state index is 0.142.